The number of ether oxygens (including phenoxy) is 1. The molecule has 4 aromatic rings. The Morgan fingerprint density at radius 2 is 1.89 bits per heavy atom. The summed E-state index contributed by atoms with van der Waals surface area (Å²) in [7, 11) is 0. The number of rotatable bonds is 6. The van der Waals surface area contributed by atoms with Crippen molar-refractivity contribution < 1.29 is 4.74 Å². The fraction of sp³-hybridized carbons (Fsp3) is 0.217. The van der Waals surface area contributed by atoms with Gasteiger partial charge in [0.25, 0.3) is 0 Å². The number of H-pyrrole nitrogens is 1. The fourth-order valence-electron chi connectivity index (χ4n) is 3.77. The first-order chi connectivity index (χ1) is 13.4. The Balaban J connectivity index is 1.22. The lowest BCUT2D eigenvalue weighted by Crippen LogP contribution is -2.51. The summed E-state index contributed by atoms with van der Waals surface area (Å²) in [6.07, 6.45) is 2.37. The van der Waals surface area contributed by atoms with Gasteiger partial charge in [-0.15, -0.1) is 11.3 Å². The molecule has 0 spiro atoms. The number of fused-ring (bicyclic) bond motifs is 1. The van der Waals surface area contributed by atoms with Crippen LogP contribution in [0.25, 0.3) is 21.3 Å². The maximum Gasteiger partial charge on any atom is 0.0833 e. The topological polar surface area (TPSA) is 28.3 Å². The van der Waals surface area contributed by atoms with E-state index in [0.717, 1.165) is 19.6 Å². The quantitative estimate of drug-likeness (QED) is 0.496. The Labute approximate surface area is 163 Å². The van der Waals surface area contributed by atoms with Crippen LogP contribution >= 0.6 is 11.3 Å². The Morgan fingerprint density at radius 1 is 1.00 bits per heavy atom. The van der Waals surface area contributed by atoms with Crippen molar-refractivity contribution in [2.45, 2.75) is 19.3 Å². The molecule has 3 nitrogen and oxygen atoms in total. The number of thiophene rings is 1. The minimum Gasteiger partial charge on any atom is -0.371 e. The maximum atomic E-state index is 6.03. The Bertz CT molecular complexity index is 1030. The lowest BCUT2D eigenvalue weighted by Gasteiger charge is -2.39. The smallest absolute Gasteiger partial charge is 0.0833 e. The van der Waals surface area contributed by atoms with Gasteiger partial charge in [0.05, 0.1) is 12.7 Å². The molecule has 5 rings (SSSR count). The molecule has 1 saturated heterocycles. The van der Waals surface area contributed by atoms with Crippen LogP contribution in [-0.2, 0) is 17.9 Å². The van der Waals surface area contributed by atoms with Crippen LogP contribution in [0, 0.1) is 0 Å². The van der Waals surface area contributed by atoms with Gasteiger partial charge in [-0.1, -0.05) is 42.5 Å². The van der Waals surface area contributed by atoms with E-state index < -0.39 is 0 Å². The summed E-state index contributed by atoms with van der Waals surface area (Å²) in [5, 5.41) is 3.51. The number of hydrogen-bond donors (Lipinski definition) is 1. The van der Waals surface area contributed by atoms with Gasteiger partial charge in [-0.25, -0.2) is 0 Å². The van der Waals surface area contributed by atoms with Gasteiger partial charge in [0.2, 0.25) is 0 Å². The van der Waals surface area contributed by atoms with E-state index in [0.29, 0.717) is 12.7 Å². The van der Waals surface area contributed by atoms with Crippen LogP contribution in [-0.4, -0.2) is 29.1 Å². The molecule has 1 fully saturated rings. The Morgan fingerprint density at radius 3 is 2.78 bits per heavy atom. The molecule has 4 heteroatoms. The molecule has 0 saturated carbocycles. The highest BCUT2D eigenvalue weighted by molar-refractivity contribution is 7.13. The number of nitrogens with zero attached hydrogens (tertiary/aromatic N) is 1. The van der Waals surface area contributed by atoms with E-state index in [4.69, 9.17) is 4.74 Å². The van der Waals surface area contributed by atoms with Gasteiger partial charge in [-0.05, 0) is 34.7 Å². The van der Waals surface area contributed by atoms with Crippen molar-refractivity contribution in [3.8, 4) is 10.4 Å². The zero-order valence-electron chi connectivity index (χ0n) is 15.1. The van der Waals surface area contributed by atoms with E-state index in [-0.39, 0.29) is 0 Å². The molecule has 1 aliphatic rings. The van der Waals surface area contributed by atoms with Crippen molar-refractivity contribution in [3.05, 3.63) is 83.4 Å². The first kappa shape index (κ1) is 16.8. The fourth-order valence-corrected chi connectivity index (χ4v) is 4.72. The van der Waals surface area contributed by atoms with Gasteiger partial charge in [0.15, 0.2) is 0 Å². The minimum absolute atomic E-state index is 0.348. The summed E-state index contributed by atoms with van der Waals surface area (Å²) < 4.78 is 6.03. The number of likely N-dealkylation sites (tertiary alicyclic amines) is 1. The molecule has 0 atom stereocenters. The third-order valence-electron chi connectivity index (χ3n) is 5.23. The standard InChI is InChI=1S/C23H22N2OS/c1-2-5-17(6-3-1)16-26-19-14-25(15-19)13-18-10-12-27-23(18)21-7-4-8-22-20(21)9-11-24-22/h1-12,19,24H,13-16H2. The van der Waals surface area contributed by atoms with Crippen molar-refractivity contribution in [2.24, 2.45) is 0 Å². The lowest BCUT2D eigenvalue weighted by molar-refractivity contribution is -0.0657. The Hall–Kier alpha value is -2.40. The van der Waals surface area contributed by atoms with E-state index in [1.807, 2.05) is 23.6 Å². The predicted molar refractivity (Wildman–Crippen MR) is 112 cm³/mol. The van der Waals surface area contributed by atoms with Gasteiger partial charge in [0.1, 0.15) is 0 Å². The molecule has 2 aromatic carbocycles. The molecule has 0 radical (unpaired) electrons. The zero-order chi connectivity index (χ0) is 18.1. The van der Waals surface area contributed by atoms with Crippen LogP contribution < -0.4 is 0 Å². The molecule has 27 heavy (non-hydrogen) atoms. The Kier molecular flexibility index (Phi) is 4.54. The number of aromatic amines is 1. The van der Waals surface area contributed by atoms with Gasteiger partial charge in [0, 0.05) is 47.2 Å². The molecule has 0 amide bonds. The summed E-state index contributed by atoms with van der Waals surface area (Å²) in [6.45, 7) is 3.72. The summed E-state index contributed by atoms with van der Waals surface area (Å²) in [4.78, 5) is 7.17. The third-order valence-corrected chi connectivity index (χ3v) is 6.22. The second kappa shape index (κ2) is 7.31. The number of benzene rings is 2. The normalized spacial score (nSPS) is 15.3. The summed E-state index contributed by atoms with van der Waals surface area (Å²) in [5.74, 6) is 0. The summed E-state index contributed by atoms with van der Waals surface area (Å²) in [6, 6.07) is 21.4. The molecule has 1 N–H and O–H groups in total. The molecule has 136 valence electrons. The van der Waals surface area contributed by atoms with Crippen molar-refractivity contribution >= 4 is 22.2 Å². The largest absolute Gasteiger partial charge is 0.371 e. The summed E-state index contributed by atoms with van der Waals surface area (Å²) >= 11 is 1.83. The van der Waals surface area contributed by atoms with Crippen molar-refractivity contribution in [1.29, 1.82) is 0 Å². The molecule has 0 aliphatic carbocycles. The molecular formula is C23H22N2OS. The average molecular weight is 375 g/mol. The van der Waals surface area contributed by atoms with Crippen LogP contribution in [0.2, 0.25) is 0 Å². The first-order valence-corrected chi connectivity index (χ1v) is 10.3. The number of aromatic nitrogens is 1. The van der Waals surface area contributed by atoms with Gasteiger partial charge < -0.3 is 9.72 Å². The average Bonchev–Trinajstić information content (AvgIpc) is 3.33. The monoisotopic (exact) mass is 374 g/mol. The van der Waals surface area contributed by atoms with E-state index in [9.17, 15) is 0 Å². The maximum absolute atomic E-state index is 6.03. The molecule has 2 aromatic heterocycles. The van der Waals surface area contributed by atoms with Gasteiger partial charge in [-0.2, -0.15) is 0 Å². The van der Waals surface area contributed by atoms with Crippen molar-refractivity contribution in [1.82, 2.24) is 9.88 Å². The van der Waals surface area contributed by atoms with E-state index in [2.05, 4.69) is 69.9 Å². The van der Waals surface area contributed by atoms with Gasteiger partial charge in [-0.3, -0.25) is 4.90 Å². The number of hydrogen-bond acceptors (Lipinski definition) is 3. The van der Waals surface area contributed by atoms with Crippen LogP contribution in [0.5, 0.6) is 0 Å². The molecule has 3 heterocycles. The zero-order valence-corrected chi connectivity index (χ0v) is 15.9. The second-order valence-corrected chi connectivity index (χ2v) is 8.05. The van der Waals surface area contributed by atoms with Crippen LogP contribution in [0.15, 0.2) is 72.2 Å². The molecule has 1 aliphatic heterocycles. The highest BCUT2D eigenvalue weighted by Crippen LogP contribution is 2.36. The highest BCUT2D eigenvalue weighted by Gasteiger charge is 2.28. The molecular weight excluding hydrogens is 352 g/mol. The SMILES string of the molecule is c1ccc(COC2CN(Cc3ccsc3-c3cccc4[nH]ccc34)C2)cc1. The van der Waals surface area contributed by atoms with Crippen LogP contribution in [0.1, 0.15) is 11.1 Å². The van der Waals surface area contributed by atoms with Crippen molar-refractivity contribution in [3.63, 3.8) is 0 Å². The van der Waals surface area contributed by atoms with E-state index in [1.165, 1.54) is 32.5 Å². The third kappa shape index (κ3) is 3.44. The number of nitrogens with one attached hydrogen (secondary N) is 1. The van der Waals surface area contributed by atoms with E-state index in [1.54, 1.807) is 0 Å². The van der Waals surface area contributed by atoms with Crippen LogP contribution in [0.3, 0.4) is 0 Å². The first-order valence-electron chi connectivity index (χ1n) is 9.37. The van der Waals surface area contributed by atoms with Crippen molar-refractivity contribution in [2.75, 3.05) is 13.1 Å². The van der Waals surface area contributed by atoms with Crippen LogP contribution in [0.4, 0.5) is 0 Å². The summed E-state index contributed by atoms with van der Waals surface area (Å²) in [5.41, 5.74) is 5.19. The second-order valence-electron chi connectivity index (χ2n) is 7.13. The van der Waals surface area contributed by atoms with Gasteiger partial charge >= 0.3 is 0 Å². The van der Waals surface area contributed by atoms with E-state index >= 15 is 0 Å². The minimum atomic E-state index is 0.348. The molecule has 0 unspecified atom stereocenters. The molecule has 0 bridgehead atoms. The lowest BCUT2D eigenvalue weighted by atomic mass is 10.0. The highest BCUT2D eigenvalue weighted by atomic mass is 32.1. The predicted octanol–water partition coefficient (Wildman–Crippen LogP) is 5.30.